The zero-order chi connectivity index (χ0) is 21.8. The highest BCUT2D eigenvalue weighted by atomic mass is 79.9. The number of hydrogen-bond donors (Lipinski definition) is 3. The molecule has 7 nitrogen and oxygen atoms in total. The molecule has 2 rings (SSSR count). The van der Waals surface area contributed by atoms with Gasteiger partial charge in [-0.05, 0) is 61.2 Å². The van der Waals surface area contributed by atoms with E-state index in [2.05, 4.69) is 21.2 Å². The van der Waals surface area contributed by atoms with Gasteiger partial charge in [-0.3, -0.25) is 5.32 Å². The Labute approximate surface area is 183 Å². The van der Waals surface area contributed by atoms with Gasteiger partial charge in [0.2, 0.25) is 0 Å². The molecule has 0 fully saturated rings. The van der Waals surface area contributed by atoms with E-state index in [1.165, 1.54) is 0 Å². The summed E-state index contributed by atoms with van der Waals surface area (Å²) >= 11 is 3.34. The van der Waals surface area contributed by atoms with Crippen molar-refractivity contribution >= 4 is 33.7 Å². The number of aliphatic carboxylic acids is 1. The lowest BCUT2D eigenvalue weighted by molar-refractivity contribution is -0.131. The minimum Gasteiger partial charge on any atom is -0.491 e. The van der Waals surface area contributed by atoms with Crippen molar-refractivity contribution in [2.45, 2.75) is 25.4 Å². The number of carbonyl (C=O) groups excluding carboxylic acids is 1. The van der Waals surface area contributed by atoms with Crippen LogP contribution < -0.4 is 10.1 Å². The van der Waals surface area contributed by atoms with Gasteiger partial charge in [0.25, 0.3) is 0 Å². The second kappa shape index (κ2) is 12.7. The van der Waals surface area contributed by atoms with Crippen LogP contribution in [-0.2, 0) is 9.53 Å². The first-order valence-electron chi connectivity index (χ1n) is 9.44. The summed E-state index contributed by atoms with van der Waals surface area (Å²) in [5.41, 5.74) is 1.35. The van der Waals surface area contributed by atoms with Gasteiger partial charge in [0.1, 0.15) is 18.5 Å². The van der Waals surface area contributed by atoms with Gasteiger partial charge in [0.05, 0.1) is 6.61 Å². The van der Waals surface area contributed by atoms with Crippen LogP contribution in [0, 0.1) is 0 Å². The number of carbonyl (C=O) groups is 2. The second-order valence-corrected chi connectivity index (χ2v) is 7.26. The number of hydrogen-bond acceptors (Lipinski definition) is 5. The molecule has 0 aliphatic heterocycles. The highest BCUT2D eigenvalue weighted by molar-refractivity contribution is 9.10. The lowest BCUT2D eigenvalue weighted by atomic mass is 10.0. The summed E-state index contributed by atoms with van der Waals surface area (Å²) in [5, 5.41) is 20.3. The van der Waals surface area contributed by atoms with Gasteiger partial charge >= 0.3 is 12.1 Å². The first-order chi connectivity index (χ1) is 14.5. The first-order valence-corrected chi connectivity index (χ1v) is 10.2. The maximum absolute atomic E-state index is 12.4. The molecule has 1 atom stereocenters. The van der Waals surface area contributed by atoms with E-state index in [-0.39, 0.29) is 13.2 Å². The fourth-order valence-corrected chi connectivity index (χ4v) is 2.94. The molecular formula is C22H24BrNO6. The summed E-state index contributed by atoms with van der Waals surface area (Å²) in [5.74, 6) is -0.431. The number of aliphatic hydroxyl groups excluding tert-OH is 1. The molecule has 0 bridgehead atoms. The van der Waals surface area contributed by atoms with Crippen molar-refractivity contribution < 1.29 is 29.3 Å². The van der Waals surface area contributed by atoms with E-state index in [1.807, 2.05) is 18.2 Å². The summed E-state index contributed by atoms with van der Waals surface area (Å²) < 4.78 is 12.0. The number of benzene rings is 2. The van der Waals surface area contributed by atoms with E-state index in [0.29, 0.717) is 30.7 Å². The number of amides is 1. The normalized spacial score (nSPS) is 11.8. The van der Waals surface area contributed by atoms with Crippen LogP contribution in [0.3, 0.4) is 0 Å². The molecule has 0 unspecified atom stereocenters. The Hall–Kier alpha value is -2.84. The predicted molar refractivity (Wildman–Crippen MR) is 117 cm³/mol. The number of halogens is 1. The molecule has 0 aliphatic carbocycles. The largest absolute Gasteiger partial charge is 0.491 e. The summed E-state index contributed by atoms with van der Waals surface area (Å²) in [6, 6.07) is 14.3. The molecule has 0 aromatic heterocycles. The average molecular weight is 478 g/mol. The van der Waals surface area contributed by atoms with Crippen LogP contribution in [0.5, 0.6) is 5.75 Å². The molecule has 3 N–H and O–H groups in total. The number of allylic oxidation sites excluding steroid dienone is 1. The average Bonchev–Trinajstić information content (AvgIpc) is 2.73. The molecule has 1 amide bonds. The SMILES string of the molecule is O=C(O)/C=C/CCC[C@@H](OC(=O)Nc1ccc(Br)cc1)c1cccc(OCCO)c1. The van der Waals surface area contributed by atoms with E-state index in [1.54, 1.807) is 36.4 Å². The summed E-state index contributed by atoms with van der Waals surface area (Å²) in [6.45, 7) is 0.0642. The fraction of sp³-hybridized carbons (Fsp3) is 0.273. The third kappa shape index (κ3) is 8.67. The lowest BCUT2D eigenvalue weighted by Crippen LogP contribution is -2.17. The Morgan fingerprint density at radius 1 is 1.17 bits per heavy atom. The number of anilines is 1. The highest BCUT2D eigenvalue weighted by Gasteiger charge is 2.17. The first kappa shape index (κ1) is 23.4. The van der Waals surface area contributed by atoms with Crippen molar-refractivity contribution in [2.75, 3.05) is 18.5 Å². The maximum atomic E-state index is 12.4. The van der Waals surface area contributed by atoms with E-state index in [0.717, 1.165) is 16.1 Å². The molecule has 0 spiro atoms. The van der Waals surface area contributed by atoms with Crippen molar-refractivity contribution in [2.24, 2.45) is 0 Å². The number of ether oxygens (including phenoxy) is 2. The van der Waals surface area contributed by atoms with Crippen molar-refractivity contribution in [1.29, 1.82) is 0 Å². The van der Waals surface area contributed by atoms with E-state index in [9.17, 15) is 9.59 Å². The van der Waals surface area contributed by atoms with Crippen LogP contribution >= 0.6 is 15.9 Å². The summed E-state index contributed by atoms with van der Waals surface area (Å²) in [6.07, 6.45) is 3.20. The van der Waals surface area contributed by atoms with Gasteiger partial charge in [-0.2, -0.15) is 0 Å². The molecule has 0 radical (unpaired) electrons. The van der Waals surface area contributed by atoms with Crippen molar-refractivity contribution in [3.05, 3.63) is 70.7 Å². The Bertz CT molecular complexity index is 853. The van der Waals surface area contributed by atoms with Crippen LogP contribution in [-0.4, -0.2) is 35.5 Å². The van der Waals surface area contributed by atoms with E-state index in [4.69, 9.17) is 19.7 Å². The predicted octanol–water partition coefficient (Wildman–Crippen LogP) is 4.92. The molecule has 30 heavy (non-hydrogen) atoms. The third-order valence-corrected chi connectivity index (χ3v) is 4.56. The van der Waals surface area contributed by atoms with Crippen LogP contribution in [0.2, 0.25) is 0 Å². The number of unbranched alkanes of at least 4 members (excludes halogenated alkanes) is 1. The molecule has 0 saturated carbocycles. The number of aliphatic hydroxyl groups is 1. The second-order valence-electron chi connectivity index (χ2n) is 6.34. The van der Waals surface area contributed by atoms with Crippen molar-refractivity contribution in [3.63, 3.8) is 0 Å². The van der Waals surface area contributed by atoms with Gasteiger partial charge in [0.15, 0.2) is 0 Å². The smallest absolute Gasteiger partial charge is 0.412 e. The molecule has 0 saturated heterocycles. The molecule has 2 aromatic carbocycles. The zero-order valence-corrected chi connectivity index (χ0v) is 17.9. The quantitative estimate of drug-likeness (QED) is 0.313. The van der Waals surface area contributed by atoms with E-state index < -0.39 is 18.2 Å². The van der Waals surface area contributed by atoms with Crippen LogP contribution in [0.4, 0.5) is 10.5 Å². The van der Waals surface area contributed by atoms with Gasteiger partial charge in [-0.1, -0.05) is 34.1 Å². The lowest BCUT2D eigenvalue weighted by Gasteiger charge is -2.19. The number of carboxylic acid groups (broad SMARTS) is 1. The molecule has 8 heteroatoms. The van der Waals surface area contributed by atoms with Gasteiger partial charge < -0.3 is 19.7 Å². The summed E-state index contributed by atoms with van der Waals surface area (Å²) in [7, 11) is 0. The van der Waals surface area contributed by atoms with Crippen molar-refractivity contribution in [1.82, 2.24) is 0 Å². The van der Waals surface area contributed by atoms with Crippen LogP contribution in [0.1, 0.15) is 30.9 Å². The zero-order valence-electron chi connectivity index (χ0n) is 16.3. The summed E-state index contributed by atoms with van der Waals surface area (Å²) in [4.78, 5) is 23.0. The van der Waals surface area contributed by atoms with E-state index >= 15 is 0 Å². The number of nitrogens with one attached hydrogen (secondary N) is 1. The molecule has 0 heterocycles. The minimum absolute atomic E-state index is 0.102. The Kier molecular flexibility index (Phi) is 9.90. The molecule has 0 aliphatic rings. The maximum Gasteiger partial charge on any atom is 0.412 e. The highest BCUT2D eigenvalue weighted by Crippen LogP contribution is 2.27. The number of rotatable bonds is 11. The molecule has 160 valence electrons. The Morgan fingerprint density at radius 2 is 1.93 bits per heavy atom. The standard InChI is InChI=1S/C22H24BrNO6/c23-17-9-11-18(12-10-17)24-22(28)30-20(7-2-1-3-8-21(26)27)16-5-4-6-19(15-16)29-14-13-25/h3-6,8-12,15,20,25H,1-2,7,13-14H2,(H,24,28)(H,26,27)/b8-3+/t20-/m1/s1. The molecule has 2 aromatic rings. The van der Waals surface area contributed by atoms with Crippen LogP contribution in [0.15, 0.2) is 65.2 Å². The Balaban J connectivity index is 2.06. The number of carboxylic acids is 1. The topological polar surface area (TPSA) is 105 Å². The van der Waals surface area contributed by atoms with Crippen molar-refractivity contribution in [3.8, 4) is 5.75 Å². The fourth-order valence-electron chi connectivity index (χ4n) is 2.68. The molecular weight excluding hydrogens is 454 g/mol. The third-order valence-electron chi connectivity index (χ3n) is 4.03. The minimum atomic E-state index is -0.995. The van der Waals surface area contributed by atoms with Gasteiger partial charge in [0, 0.05) is 16.2 Å². The Morgan fingerprint density at radius 3 is 2.63 bits per heavy atom. The van der Waals surface area contributed by atoms with Gasteiger partial charge in [-0.15, -0.1) is 0 Å². The van der Waals surface area contributed by atoms with Gasteiger partial charge in [-0.25, -0.2) is 9.59 Å². The van der Waals surface area contributed by atoms with Crippen LogP contribution in [0.25, 0.3) is 0 Å². The monoisotopic (exact) mass is 477 g/mol.